The first-order chi connectivity index (χ1) is 12.7. The molecule has 3 aliphatic rings. The Morgan fingerprint density at radius 3 is 2.46 bits per heavy atom. The molecule has 4 bridgehead atoms. The highest BCUT2D eigenvalue weighted by Crippen LogP contribution is 2.40. The van der Waals surface area contributed by atoms with Gasteiger partial charge in [-0.05, 0) is 94.1 Å². The normalized spacial score (nSPS) is 41.8. The van der Waals surface area contributed by atoms with Gasteiger partial charge in [0.1, 0.15) is 0 Å². The van der Waals surface area contributed by atoms with Gasteiger partial charge in [0, 0.05) is 12.7 Å². The van der Waals surface area contributed by atoms with Crippen molar-refractivity contribution in [1.29, 1.82) is 0 Å². The molecule has 2 saturated heterocycles. The van der Waals surface area contributed by atoms with Crippen LogP contribution in [-0.2, 0) is 0 Å². The second-order valence-electron chi connectivity index (χ2n) is 9.00. The summed E-state index contributed by atoms with van der Waals surface area (Å²) in [5.74, 6) is 4.72. The molecule has 0 aromatic rings. The monoisotopic (exact) mass is 382 g/mol. The fraction of sp³-hybridized carbons (Fsp3) is 1.00. The summed E-state index contributed by atoms with van der Waals surface area (Å²) < 4.78 is 0. The number of rotatable bonds is 0. The lowest BCUT2D eigenvalue weighted by atomic mass is 9.66. The van der Waals surface area contributed by atoms with E-state index in [9.17, 15) is 0 Å². The third-order valence-corrected chi connectivity index (χ3v) is 8.25. The Hall–Kier alpha value is 0.190. The summed E-state index contributed by atoms with van der Waals surface area (Å²) in [6.07, 6.45) is 9.42. The first kappa shape index (κ1) is 20.9. The standard InChI is InChI=1S/C21H42N4S/c1-16-11-17(2)19-12-18(16)14-23-8-5-3-4-7-22-9-6-10-26-21-13-20(19)24-15-25-21/h16-25H,3-15H2,1-2H3. The van der Waals surface area contributed by atoms with Gasteiger partial charge in [-0.2, -0.15) is 0 Å². The second-order valence-corrected chi connectivity index (χ2v) is 10.3. The average Bonchev–Trinajstić information content (AvgIpc) is 2.63. The summed E-state index contributed by atoms with van der Waals surface area (Å²) in [4.78, 5) is 0. The van der Waals surface area contributed by atoms with Crippen LogP contribution in [0.2, 0.25) is 0 Å². The highest BCUT2D eigenvalue weighted by atomic mass is 32.2. The van der Waals surface area contributed by atoms with E-state index >= 15 is 0 Å². The molecule has 0 radical (unpaired) electrons. The van der Waals surface area contributed by atoms with Gasteiger partial charge < -0.3 is 16.0 Å². The number of thioether (sulfide) groups is 1. The summed E-state index contributed by atoms with van der Waals surface area (Å²) in [5.41, 5.74) is 0. The van der Waals surface area contributed by atoms with E-state index in [0.29, 0.717) is 11.4 Å². The zero-order valence-electron chi connectivity index (χ0n) is 17.1. The van der Waals surface area contributed by atoms with Gasteiger partial charge in [0.25, 0.3) is 0 Å². The smallest absolute Gasteiger partial charge is 0.0556 e. The van der Waals surface area contributed by atoms with E-state index in [1.807, 2.05) is 0 Å². The Labute approximate surface area is 165 Å². The molecule has 2 aliphatic heterocycles. The van der Waals surface area contributed by atoms with Crippen LogP contribution >= 0.6 is 11.8 Å². The van der Waals surface area contributed by atoms with Gasteiger partial charge in [-0.15, -0.1) is 11.8 Å². The zero-order chi connectivity index (χ0) is 18.2. The molecule has 0 spiro atoms. The molecular weight excluding hydrogens is 340 g/mol. The highest BCUT2D eigenvalue weighted by Gasteiger charge is 2.38. The van der Waals surface area contributed by atoms with Crippen molar-refractivity contribution in [3.63, 3.8) is 0 Å². The van der Waals surface area contributed by atoms with Crippen molar-refractivity contribution in [1.82, 2.24) is 21.3 Å². The number of fused-ring (bicyclic) bond motifs is 5. The molecule has 2 heterocycles. The molecule has 6 atom stereocenters. The van der Waals surface area contributed by atoms with Crippen molar-refractivity contribution in [2.45, 2.75) is 70.2 Å². The van der Waals surface area contributed by atoms with Gasteiger partial charge in [-0.25, -0.2) is 0 Å². The van der Waals surface area contributed by atoms with E-state index in [2.05, 4.69) is 46.9 Å². The topological polar surface area (TPSA) is 48.1 Å². The third-order valence-electron chi connectivity index (χ3n) is 6.96. The molecule has 5 heteroatoms. The zero-order valence-corrected chi connectivity index (χ0v) is 17.9. The Bertz CT molecular complexity index is 394. The molecule has 0 aromatic heterocycles. The van der Waals surface area contributed by atoms with E-state index in [1.54, 1.807) is 0 Å². The van der Waals surface area contributed by atoms with Gasteiger partial charge in [0.05, 0.1) is 5.37 Å². The summed E-state index contributed by atoms with van der Waals surface area (Å²) in [6.45, 7) is 10.8. The van der Waals surface area contributed by atoms with Crippen LogP contribution in [0.25, 0.3) is 0 Å². The third kappa shape index (κ3) is 6.37. The minimum absolute atomic E-state index is 0.642. The maximum Gasteiger partial charge on any atom is 0.0556 e. The first-order valence-corrected chi connectivity index (χ1v) is 12.3. The van der Waals surface area contributed by atoms with Gasteiger partial charge in [0.2, 0.25) is 0 Å². The van der Waals surface area contributed by atoms with Crippen molar-refractivity contribution < 1.29 is 0 Å². The molecule has 4 N–H and O–H groups in total. The summed E-state index contributed by atoms with van der Waals surface area (Å²) in [5, 5.41) is 15.6. The van der Waals surface area contributed by atoms with Crippen LogP contribution in [0, 0.1) is 23.7 Å². The number of hydrogen-bond donors (Lipinski definition) is 4. The minimum atomic E-state index is 0.642. The molecule has 152 valence electrons. The van der Waals surface area contributed by atoms with Crippen molar-refractivity contribution >= 4 is 11.8 Å². The number of hydrogen-bond acceptors (Lipinski definition) is 5. The fourth-order valence-corrected chi connectivity index (χ4v) is 6.42. The van der Waals surface area contributed by atoms with Crippen molar-refractivity contribution in [3.8, 4) is 0 Å². The Morgan fingerprint density at radius 1 is 0.769 bits per heavy atom. The van der Waals surface area contributed by atoms with E-state index in [0.717, 1.165) is 30.3 Å². The van der Waals surface area contributed by atoms with E-state index in [1.165, 1.54) is 76.9 Å². The van der Waals surface area contributed by atoms with Gasteiger partial charge in [0.15, 0.2) is 0 Å². The molecule has 1 aliphatic carbocycles. The molecule has 0 amide bonds. The number of nitrogens with one attached hydrogen (secondary N) is 4. The maximum atomic E-state index is 3.81. The van der Waals surface area contributed by atoms with Crippen LogP contribution in [0.3, 0.4) is 0 Å². The average molecular weight is 383 g/mol. The molecular formula is C21H42N4S. The molecule has 3 fully saturated rings. The van der Waals surface area contributed by atoms with Crippen molar-refractivity contribution in [2.75, 3.05) is 38.6 Å². The maximum absolute atomic E-state index is 3.81. The fourth-order valence-electron chi connectivity index (χ4n) is 5.28. The van der Waals surface area contributed by atoms with E-state index < -0.39 is 0 Å². The SMILES string of the molecule is CC1CC(C)C2CC1CNCCCCCNCCCSC1CC2NCN1. The summed E-state index contributed by atoms with van der Waals surface area (Å²) in [7, 11) is 0. The van der Waals surface area contributed by atoms with Crippen LogP contribution in [0.15, 0.2) is 0 Å². The lowest BCUT2D eigenvalue weighted by molar-refractivity contribution is 0.0898. The van der Waals surface area contributed by atoms with Crippen LogP contribution in [-0.4, -0.2) is 50.0 Å². The molecule has 0 aromatic carbocycles. The quantitative estimate of drug-likeness (QED) is 0.519. The van der Waals surface area contributed by atoms with Crippen LogP contribution in [0.1, 0.15) is 58.8 Å². The summed E-state index contributed by atoms with van der Waals surface area (Å²) >= 11 is 2.15. The summed E-state index contributed by atoms with van der Waals surface area (Å²) in [6, 6.07) is 0.704. The largest absolute Gasteiger partial charge is 0.317 e. The first-order valence-electron chi connectivity index (χ1n) is 11.2. The molecule has 4 nitrogen and oxygen atoms in total. The molecule has 6 unspecified atom stereocenters. The molecule has 26 heavy (non-hydrogen) atoms. The van der Waals surface area contributed by atoms with Gasteiger partial charge >= 0.3 is 0 Å². The lowest BCUT2D eigenvalue weighted by Gasteiger charge is -2.45. The van der Waals surface area contributed by atoms with E-state index in [-0.39, 0.29) is 0 Å². The Balaban J connectivity index is 1.58. The van der Waals surface area contributed by atoms with Crippen LogP contribution < -0.4 is 21.3 Å². The lowest BCUT2D eigenvalue weighted by Crippen LogP contribution is -2.55. The predicted octanol–water partition coefficient (Wildman–Crippen LogP) is 3.01. The van der Waals surface area contributed by atoms with Crippen molar-refractivity contribution in [2.24, 2.45) is 23.7 Å². The highest BCUT2D eigenvalue weighted by molar-refractivity contribution is 7.99. The molecule has 1 saturated carbocycles. The van der Waals surface area contributed by atoms with E-state index in [4.69, 9.17) is 0 Å². The van der Waals surface area contributed by atoms with Crippen LogP contribution in [0.5, 0.6) is 0 Å². The molecule has 3 rings (SSSR count). The Kier molecular flexibility index (Phi) is 9.05. The van der Waals surface area contributed by atoms with Gasteiger partial charge in [-0.1, -0.05) is 20.3 Å². The van der Waals surface area contributed by atoms with Crippen LogP contribution in [0.4, 0.5) is 0 Å². The minimum Gasteiger partial charge on any atom is -0.317 e. The predicted molar refractivity (Wildman–Crippen MR) is 115 cm³/mol. The van der Waals surface area contributed by atoms with Crippen molar-refractivity contribution in [3.05, 3.63) is 0 Å². The van der Waals surface area contributed by atoms with Gasteiger partial charge in [-0.3, -0.25) is 5.32 Å². The Morgan fingerprint density at radius 2 is 1.58 bits per heavy atom. The second kappa shape index (κ2) is 11.3.